The number of hydrogen-bond donors (Lipinski definition) is 1. The van der Waals surface area contributed by atoms with Crippen LogP contribution in [0.5, 0.6) is 0 Å². The maximum Gasteiger partial charge on any atom is 0.134 e. The first kappa shape index (κ1) is 11.8. The smallest absolute Gasteiger partial charge is 0.134 e. The Kier molecular flexibility index (Phi) is 3.13. The van der Waals surface area contributed by atoms with Crippen LogP contribution in [0.1, 0.15) is 38.4 Å². The van der Waals surface area contributed by atoms with Gasteiger partial charge in [0.2, 0.25) is 0 Å². The van der Waals surface area contributed by atoms with Crippen molar-refractivity contribution in [2.45, 2.75) is 38.6 Å². The monoisotopic (exact) mass is 243 g/mol. The average Bonchev–Trinajstić information content (AvgIpc) is 2.80. The molecule has 3 rings (SSSR count). The van der Waals surface area contributed by atoms with Crippen molar-refractivity contribution in [3.05, 3.63) is 36.1 Å². The van der Waals surface area contributed by atoms with Crippen molar-refractivity contribution in [2.24, 2.45) is 5.92 Å². The first-order chi connectivity index (χ1) is 8.79. The maximum absolute atomic E-state index is 5.97. The lowest BCUT2D eigenvalue weighted by Crippen LogP contribution is -2.47. The predicted octanol–water partition coefficient (Wildman–Crippen LogP) is 3.92. The summed E-state index contributed by atoms with van der Waals surface area (Å²) in [4.78, 5) is 0. The molecule has 0 bridgehead atoms. The summed E-state index contributed by atoms with van der Waals surface area (Å²) in [6.07, 6.45) is 2.42. The van der Waals surface area contributed by atoms with Crippen molar-refractivity contribution in [3.63, 3.8) is 0 Å². The number of nitrogens with one attached hydrogen (secondary N) is 1. The molecule has 0 aliphatic heterocycles. The maximum atomic E-state index is 5.97. The Labute approximate surface area is 108 Å². The SMILES string of the molecule is CCCNC1CC(c2cc3ccccc3o2)C1C. The highest BCUT2D eigenvalue weighted by atomic mass is 16.3. The quantitative estimate of drug-likeness (QED) is 0.880. The van der Waals surface area contributed by atoms with Crippen LogP contribution in [0.4, 0.5) is 0 Å². The van der Waals surface area contributed by atoms with Crippen LogP contribution in [0.15, 0.2) is 34.7 Å². The van der Waals surface area contributed by atoms with E-state index in [1.165, 1.54) is 24.0 Å². The molecule has 1 fully saturated rings. The van der Waals surface area contributed by atoms with Crippen molar-refractivity contribution in [1.82, 2.24) is 5.32 Å². The molecule has 96 valence electrons. The van der Waals surface area contributed by atoms with Crippen LogP contribution in [0, 0.1) is 5.92 Å². The van der Waals surface area contributed by atoms with Gasteiger partial charge in [-0.25, -0.2) is 0 Å². The number of hydrogen-bond acceptors (Lipinski definition) is 2. The summed E-state index contributed by atoms with van der Waals surface area (Å²) < 4.78 is 5.97. The molecule has 3 unspecified atom stereocenters. The fourth-order valence-electron chi connectivity index (χ4n) is 2.95. The first-order valence-electron chi connectivity index (χ1n) is 7.01. The van der Waals surface area contributed by atoms with Crippen molar-refractivity contribution < 1.29 is 4.42 Å². The summed E-state index contributed by atoms with van der Waals surface area (Å²) in [6.45, 7) is 5.67. The lowest BCUT2D eigenvalue weighted by Gasteiger charge is -2.42. The summed E-state index contributed by atoms with van der Waals surface area (Å²) in [6, 6.07) is 11.2. The van der Waals surface area contributed by atoms with Crippen molar-refractivity contribution in [3.8, 4) is 0 Å². The third kappa shape index (κ3) is 1.95. The van der Waals surface area contributed by atoms with E-state index in [0.29, 0.717) is 17.9 Å². The Morgan fingerprint density at radius 3 is 2.89 bits per heavy atom. The molecule has 1 aliphatic rings. The minimum atomic E-state index is 0.590. The van der Waals surface area contributed by atoms with E-state index < -0.39 is 0 Å². The van der Waals surface area contributed by atoms with Gasteiger partial charge in [-0.2, -0.15) is 0 Å². The molecule has 0 spiro atoms. The van der Waals surface area contributed by atoms with Crippen LogP contribution in [-0.4, -0.2) is 12.6 Å². The van der Waals surface area contributed by atoms with E-state index in [0.717, 1.165) is 12.1 Å². The van der Waals surface area contributed by atoms with Gasteiger partial charge in [0, 0.05) is 17.3 Å². The molecule has 2 nitrogen and oxygen atoms in total. The molecule has 2 heteroatoms. The molecule has 1 aromatic heterocycles. The molecular formula is C16H21NO. The highest BCUT2D eigenvalue weighted by molar-refractivity contribution is 5.77. The number of furan rings is 1. The van der Waals surface area contributed by atoms with E-state index in [1.807, 2.05) is 6.07 Å². The van der Waals surface area contributed by atoms with Gasteiger partial charge in [-0.3, -0.25) is 0 Å². The zero-order valence-corrected chi connectivity index (χ0v) is 11.1. The van der Waals surface area contributed by atoms with Gasteiger partial charge in [0.25, 0.3) is 0 Å². The van der Waals surface area contributed by atoms with Gasteiger partial charge in [-0.1, -0.05) is 32.0 Å². The van der Waals surface area contributed by atoms with Crippen LogP contribution < -0.4 is 5.32 Å². The van der Waals surface area contributed by atoms with Crippen LogP contribution in [0.25, 0.3) is 11.0 Å². The van der Waals surface area contributed by atoms with Gasteiger partial charge >= 0.3 is 0 Å². The van der Waals surface area contributed by atoms with E-state index in [1.54, 1.807) is 0 Å². The zero-order chi connectivity index (χ0) is 12.5. The van der Waals surface area contributed by atoms with E-state index in [4.69, 9.17) is 4.42 Å². The molecule has 1 aromatic carbocycles. The summed E-state index contributed by atoms with van der Waals surface area (Å²) in [5.41, 5.74) is 1.02. The molecule has 0 radical (unpaired) electrons. The third-order valence-electron chi connectivity index (χ3n) is 4.24. The molecule has 1 heterocycles. The fraction of sp³-hybridized carbons (Fsp3) is 0.500. The largest absolute Gasteiger partial charge is 0.461 e. The Balaban J connectivity index is 1.73. The molecule has 1 N–H and O–H groups in total. The number of fused-ring (bicyclic) bond motifs is 1. The standard InChI is InChI=1S/C16H21NO/c1-3-8-17-14-10-13(11(14)2)16-9-12-6-4-5-7-15(12)18-16/h4-7,9,11,13-14,17H,3,8,10H2,1-2H3. The second-order valence-corrected chi connectivity index (χ2v) is 5.45. The molecule has 2 aromatic rings. The summed E-state index contributed by atoms with van der Waals surface area (Å²) >= 11 is 0. The van der Waals surface area contributed by atoms with Gasteiger partial charge in [0.1, 0.15) is 11.3 Å². The van der Waals surface area contributed by atoms with Gasteiger partial charge in [0.15, 0.2) is 0 Å². The van der Waals surface area contributed by atoms with E-state index in [-0.39, 0.29) is 0 Å². The first-order valence-corrected chi connectivity index (χ1v) is 7.01. The van der Waals surface area contributed by atoms with Crippen LogP contribution in [-0.2, 0) is 0 Å². The van der Waals surface area contributed by atoms with Gasteiger partial charge in [0.05, 0.1) is 0 Å². The Morgan fingerprint density at radius 2 is 2.17 bits per heavy atom. The van der Waals surface area contributed by atoms with Crippen molar-refractivity contribution in [2.75, 3.05) is 6.54 Å². The third-order valence-corrected chi connectivity index (χ3v) is 4.24. The summed E-state index contributed by atoms with van der Waals surface area (Å²) in [5, 5.41) is 4.84. The van der Waals surface area contributed by atoms with E-state index >= 15 is 0 Å². The molecule has 1 aliphatic carbocycles. The second kappa shape index (κ2) is 4.77. The lowest BCUT2D eigenvalue weighted by atomic mass is 9.69. The Hall–Kier alpha value is -1.28. The van der Waals surface area contributed by atoms with Crippen LogP contribution in [0.2, 0.25) is 0 Å². The second-order valence-electron chi connectivity index (χ2n) is 5.45. The van der Waals surface area contributed by atoms with Crippen molar-refractivity contribution >= 4 is 11.0 Å². The molecule has 18 heavy (non-hydrogen) atoms. The van der Waals surface area contributed by atoms with Gasteiger partial charge < -0.3 is 9.73 Å². The predicted molar refractivity (Wildman–Crippen MR) is 74.8 cm³/mol. The normalized spacial score (nSPS) is 27.3. The lowest BCUT2D eigenvalue weighted by molar-refractivity contribution is 0.165. The van der Waals surface area contributed by atoms with Gasteiger partial charge in [-0.15, -0.1) is 0 Å². The summed E-state index contributed by atoms with van der Waals surface area (Å²) in [5.74, 6) is 2.43. The topological polar surface area (TPSA) is 25.2 Å². The van der Waals surface area contributed by atoms with E-state index in [9.17, 15) is 0 Å². The minimum Gasteiger partial charge on any atom is -0.461 e. The molecule has 0 saturated heterocycles. The van der Waals surface area contributed by atoms with Crippen molar-refractivity contribution in [1.29, 1.82) is 0 Å². The number of rotatable bonds is 4. The highest BCUT2D eigenvalue weighted by Crippen LogP contribution is 2.43. The van der Waals surface area contributed by atoms with Crippen LogP contribution >= 0.6 is 0 Å². The fourth-order valence-corrected chi connectivity index (χ4v) is 2.95. The number of benzene rings is 1. The average molecular weight is 243 g/mol. The molecular weight excluding hydrogens is 222 g/mol. The van der Waals surface area contributed by atoms with Gasteiger partial charge in [-0.05, 0) is 37.4 Å². The zero-order valence-electron chi connectivity index (χ0n) is 11.1. The molecule has 0 amide bonds. The molecule has 3 atom stereocenters. The van der Waals surface area contributed by atoms with E-state index in [2.05, 4.69) is 43.4 Å². The Bertz CT molecular complexity index is 498. The highest BCUT2D eigenvalue weighted by Gasteiger charge is 2.39. The van der Waals surface area contributed by atoms with Crippen LogP contribution in [0.3, 0.4) is 0 Å². The summed E-state index contributed by atoms with van der Waals surface area (Å²) in [7, 11) is 0. The Morgan fingerprint density at radius 1 is 1.33 bits per heavy atom. The minimum absolute atomic E-state index is 0.590. The number of para-hydroxylation sites is 1. The molecule has 1 saturated carbocycles.